The Bertz CT molecular complexity index is 535. The smallest absolute Gasteiger partial charge is 0.251 e. The van der Waals surface area contributed by atoms with Gasteiger partial charge in [-0.2, -0.15) is 0 Å². The number of hydrogen-bond donors (Lipinski definition) is 1. The summed E-state index contributed by atoms with van der Waals surface area (Å²) in [6.45, 7) is 0. The number of ether oxygens (including phenoxy) is 1. The molecule has 5 nitrogen and oxygen atoms in total. The highest BCUT2D eigenvalue weighted by molar-refractivity contribution is 6.22. The van der Waals surface area contributed by atoms with Crippen LogP contribution < -0.4 is 15.0 Å². The summed E-state index contributed by atoms with van der Waals surface area (Å²) in [6.07, 6.45) is 4.85. The molecule has 1 heterocycles. The van der Waals surface area contributed by atoms with Crippen molar-refractivity contribution in [1.82, 2.24) is 5.32 Å². The van der Waals surface area contributed by atoms with Gasteiger partial charge in [0.05, 0.1) is 25.3 Å². The zero-order valence-corrected chi connectivity index (χ0v) is 12.2. The molecule has 1 aliphatic heterocycles. The fourth-order valence-corrected chi connectivity index (χ4v) is 3.14. The highest BCUT2D eigenvalue weighted by Crippen LogP contribution is 2.26. The fraction of sp³-hybridized carbons (Fsp3) is 0.500. The van der Waals surface area contributed by atoms with E-state index in [1.807, 2.05) is 0 Å². The van der Waals surface area contributed by atoms with Crippen molar-refractivity contribution in [1.29, 1.82) is 0 Å². The maximum absolute atomic E-state index is 12.5. The van der Waals surface area contributed by atoms with Gasteiger partial charge in [-0.05, 0) is 37.1 Å². The molecule has 1 atom stereocenters. The van der Waals surface area contributed by atoms with Crippen molar-refractivity contribution < 1.29 is 14.3 Å². The van der Waals surface area contributed by atoms with E-state index in [2.05, 4.69) is 5.32 Å². The molecular formula is C16H20N2O3. The Morgan fingerprint density at radius 3 is 2.43 bits per heavy atom. The minimum Gasteiger partial charge on any atom is -0.497 e. The first-order valence-corrected chi connectivity index (χ1v) is 7.46. The molecule has 2 amide bonds. The number of carbonyl (C=O) groups is 2. The lowest BCUT2D eigenvalue weighted by Crippen LogP contribution is -2.42. The van der Waals surface area contributed by atoms with E-state index in [4.69, 9.17) is 4.74 Å². The average molecular weight is 288 g/mol. The molecule has 3 rings (SSSR count). The minimum absolute atomic E-state index is 0.138. The van der Waals surface area contributed by atoms with Gasteiger partial charge >= 0.3 is 0 Å². The van der Waals surface area contributed by atoms with E-state index in [-0.39, 0.29) is 24.3 Å². The molecule has 0 radical (unpaired) electrons. The second-order valence-electron chi connectivity index (χ2n) is 5.67. The highest BCUT2D eigenvalue weighted by Gasteiger charge is 2.40. The Kier molecular flexibility index (Phi) is 3.92. The number of nitrogens with one attached hydrogen (secondary N) is 1. The lowest BCUT2D eigenvalue weighted by atomic mass is 10.2. The van der Waals surface area contributed by atoms with Crippen LogP contribution in [0.15, 0.2) is 24.3 Å². The quantitative estimate of drug-likeness (QED) is 0.859. The highest BCUT2D eigenvalue weighted by atomic mass is 16.5. The summed E-state index contributed by atoms with van der Waals surface area (Å²) in [5.41, 5.74) is 0.613. The predicted octanol–water partition coefficient (Wildman–Crippen LogP) is 1.86. The van der Waals surface area contributed by atoms with E-state index in [1.54, 1.807) is 31.4 Å². The van der Waals surface area contributed by atoms with Gasteiger partial charge in [-0.15, -0.1) is 0 Å². The van der Waals surface area contributed by atoms with Gasteiger partial charge in [-0.3, -0.25) is 9.59 Å². The molecule has 0 bridgehead atoms. The van der Waals surface area contributed by atoms with Crippen LogP contribution in [0.1, 0.15) is 32.1 Å². The van der Waals surface area contributed by atoms with Crippen LogP contribution in [0.3, 0.4) is 0 Å². The molecule has 1 aromatic rings. The molecule has 5 heteroatoms. The SMILES string of the molecule is COc1ccc(N2C(=O)C[C@H](NC3CCCC3)C2=O)cc1. The molecule has 2 fully saturated rings. The number of anilines is 1. The molecule has 1 N–H and O–H groups in total. The Balaban J connectivity index is 1.73. The van der Waals surface area contributed by atoms with Gasteiger partial charge < -0.3 is 10.1 Å². The minimum atomic E-state index is -0.372. The van der Waals surface area contributed by atoms with E-state index in [1.165, 1.54) is 17.7 Å². The number of rotatable bonds is 4. The Morgan fingerprint density at radius 1 is 1.14 bits per heavy atom. The normalized spacial score (nSPS) is 23.1. The zero-order chi connectivity index (χ0) is 14.8. The summed E-state index contributed by atoms with van der Waals surface area (Å²) >= 11 is 0. The average Bonchev–Trinajstić information content (AvgIpc) is 3.09. The molecule has 1 aromatic carbocycles. The predicted molar refractivity (Wildman–Crippen MR) is 79.3 cm³/mol. The number of hydrogen-bond acceptors (Lipinski definition) is 4. The second kappa shape index (κ2) is 5.85. The Labute approximate surface area is 124 Å². The van der Waals surface area contributed by atoms with Crippen molar-refractivity contribution >= 4 is 17.5 Å². The van der Waals surface area contributed by atoms with Crippen molar-refractivity contribution in [3.8, 4) is 5.75 Å². The van der Waals surface area contributed by atoms with Crippen molar-refractivity contribution in [3.63, 3.8) is 0 Å². The van der Waals surface area contributed by atoms with Gasteiger partial charge in [0.2, 0.25) is 5.91 Å². The first-order valence-electron chi connectivity index (χ1n) is 7.46. The van der Waals surface area contributed by atoms with Crippen LogP contribution >= 0.6 is 0 Å². The molecular weight excluding hydrogens is 268 g/mol. The summed E-state index contributed by atoms with van der Waals surface area (Å²) in [5.74, 6) is 0.427. The molecule has 0 unspecified atom stereocenters. The number of imide groups is 1. The van der Waals surface area contributed by atoms with Crippen molar-refractivity contribution in [2.45, 2.75) is 44.2 Å². The molecule has 1 saturated carbocycles. The van der Waals surface area contributed by atoms with Gasteiger partial charge in [0.1, 0.15) is 5.75 Å². The van der Waals surface area contributed by atoms with E-state index in [0.717, 1.165) is 12.8 Å². The summed E-state index contributed by atoms with van der Waals surface area (Å²) in [7, 11) is 1.59. The third-order valence-electron chi connectivity index (χ3n) is 4.27. The monoisotopic (exact) mass is 288 g/mol. The molecule has 1 saturated heterocycles. The number of nitrogens with zero attached hydrogens (tertiary/aromatic N) is 1. The van der Waals surface area contributed by atoms with Crippen molar-refractivity contribution in [2.75, 3.05) is 12.0 Å². The number of methoxy groups -OCH3 is 1. The molecule has 2 aliphatic rings. The lowest BCUT2D eigenvalue weighted by molar-refractivity contribution is -0.121. The molecule has 0 aromatic heterocycles. The molecule has 1 aliphatic carbocycles. The molecule has 0 spiro atoms. The first kappa shape index (κ1) is 14.1. The van der Waals surface area contributed by atoms with Gasteiger partial charge in [0, 0.05) is 6.04 Å². The van der Waals surface area contributed by atoms with Gasteiger partial charge in [0.15, 0.2) is 0 Å². The molecule has 21 heavy (non-hydrogen) atoms. The fourth-order valence-electron chi connectivity index (χ4n) is 3.14. The van der Waals surface area contributed by atoms with Crippen LogP contribution in [-0.2, 0) is 9.59 Å². The first-order chi connectivity index (χ1) is 10.2. The van der Waals surface area contributed by atoms with Crippen LogP contribution in [0, 0.1) is 0 Å². The van der Waals surface area contributed by atoms with E-state index < -0.39 is 0 Å². The number of benzene rings is 1. The third-order valence-corrected chi connectivity index (χ3v) is 4.27. The van der Waals surface area contributed by atoms with Crippen molar-refractivity contribution in [3.05, 3.63) is 24.3 Å². The van der Waals surface area contributed by atoms with Gasteiger partial charge in [-0.1, -0.05) is 12.8 Å². The Morgan fingerprint density at radius 2 is 1.81 bits per heavy atom. The maximum Gasteiger partial charge on any atom is 0.251 e. The van der Waals surface area contributed by atoms with Crippen LogP contribution in [0.5, 0.6) is 5.75 Å². The maximum atomic E-state index is 12.5. The third kappa shape index (κ3) is 2.78. The summed E-state index contributed by atoms with van der Waals surface area (Å²) in [4.78, 5) is 25.9. The van der Waals surface area contributed by atoms with Gasteiger partial charge in [0.25, 0.3) is 5.91 Å². The van der Waals surface area contributed by atoms with Crippen LogP contribution in [0.4, 0.5) is 5.69 Å². The van der Waals surface area contributed by atoms with Crippen LogP contribution in [0.25, 0.3) is 0 Å². The number of amides is 2. The summed E-state index contributed by atoms with van der Waals surface area (Å²) in [6, 6.07) is 7.01. The van der Waals surface area contributed by atoms with E-state index in [0.29, 0.717) is 17.5 Å². The topological polar surface area (TPSA) is 58.6 Å². The second-order valence-corrected chi connectivity index (χ2v) is 5.67. The van der Waals surface area contributed by atoms with Crippen LogP contribution in [-0.4, -0.2) is 31.0 Å². The van der Waals surface area contributed by atoms with Gasteiger partial charge in [-0.25, -0.2) is 4.90 Å². The Hall–Kier alpha value is -1.88. The van der Waals surface area contributed by atoms with Crippen LogP contribution in [0.2, 0.25) is 0 Å². The lowest BCUT2D eigenvalue weighted by Gasteiger charge is -2.18. The number of carbonyl (C=O) groups excluding carboxylic acids is 2. The summed E-state index contributed by atoms with van der Waals surface area (Å²) < 4.78 is 5.09. The van der Waals surface area contributed by atoms with E-state index in [9.17, 15) is 9.59 Å². The zero-order valence-electron chi connectivity index (χ0n) is 12.2. The van der Waals surface area contributed by atoms with E-state index >= 15 is 0 Å². The largest absolute Gasteiger partial charge is 0.497 e. The van der Waals surface area contributed by atoms with Crippen molar-refractivity contribution in [2.24, 2.45) is 0 Å². The standard InChI is InChI=1S/C16H20N2O3/c1-21-13-8-6-12(7-9-13)18-15(19)10-14(16(18)20)17-11-4-2-3-5-11/h6-9,11,14,17H,2-5,10H2,1H3/t14-/m0/s1. The molecule has 112 valence electrons. The summed E-state index contributed by atoms with van der Waals surface area (Å²) in [5, 5.41) is 3.34.